The van der Waals surface area contributed by atoms with Crippen molar-refractivity contribution in [3.05, 3.63) is 64.9 Å². The Morgan fingerprint density at radius 1 is 1.19 bits per heavy atom. The summed E-state index contributed by atoms with van der Waals surface area (Å²) in [6.45, 7) is 3.83. The molecule has 130 valence electrons. The van der Waals surface area contributed by atoms with Crippen molar-refractivity contribution in [3.63, 3.8) is 0 Å². The number of hydrogen-bond donors (Lipinski definition) is 0. The zero-order valence-corrected chi connectivity index (χ0v) is 15.5. The van der Waals surface area contributed by atoms with Crippen molar-refractivity contribution in [1.82, 2.24) is 19.7 Å². The smallest absolute Gasteiger partial charge is 0.266 e. The SMILES string of the molecule is Cc1csc(N(C(=O)c2cnc3c(c2)c(C)nn3C)c2ccccc2)n1. The number of rotatable bonds is 3. The molecular weight excluding hydrogens is 346 g/mol. The van der Waals surface area contributed by atoms with Gasteiger partial charge in [-0.15, -0.1) is 11.3 Å². The maximum Gasteiger partial charge on any atom is 0.266 e. The van der Waals surface area contributed by atoms with Gasteiger partial charge in [0.25, 0.3) is 5.91 Å². The van der Waals surface area contributed by atoms with Gasteiger partial charge in [0, 0.05) is 24.0 Å². The Morgan fingerprint density at radius 2 is 1.96 bits per heavy atom. The van der Waals surface area contributed by atoms with Crippen molar-refractivity contribution in [2.24, 2.45) is 7.05 Å². The highest BCUT2D eigenvalue weighted by Crippen LogP contribution is 2.30. The molecule has 3 aromatic heterocycles. The monoisotopic (exact) mass is 363 g/mol. The zero-order chi connectivity index (χ0) is 18.3. The molecule has 6 nitrogen and oxygen atoms in total. The van der Waals surface area contributed by atoms with Gasteiger partial charge < -0.3 is 0 Å². The molecule has 1 aromatic carbocycles. The summed E-state index contributed by atoms with van der Waals surface area (Å²) in [5, 5.41) is 7.83. The summed E-state index contributed by atoms with van der Waals surface area (Å²) in [6, 6.07) is 11.4. The van der Waals surface area contributed by atoms with Gasteiger partial charge in [-0.25, -0.2) is 9.97 Å². The van der Waals surface area contributed by atoms with Gasteiger partial charge in [0.2, 0.25) is 0 Å². The van der Waals surface area contributed by atoms with Crippen LogP contribution >= 0.6 is 11.3 Å². The minimum atomic E-state index is -0.164. The molecule has 0 radical (unpaired) electrons. The van der Waals surface area contributed by atoms with Gasteiger partial charge in [-0.2, -0.15) is 5.10 Å². The number of hydrogen-bond acceptors (Lipinski definition) is 5. The average molecular weight is 363 g/mol. The van der Waals surface area contributed by atoms with Crippen LogP contribution in [0.1, 0.15) is 21.7 Å². The first-order chi connectivity index (χ1) is 12.5. The van der Waals surface area contributed by atoms with Crippen LogP contribution in [0, 0.1) is 13.8 Å². The van der Waals surface area contributed by atoms with Crippen LogP contribution in [0.4, 0.5) is 10.8 Å². The molecule has 0 unspecified atom stereocenters. The number of aryl methyl sites for hydroxylation is 3. The number of fused-ring (bicyclic) bond motifs is 1. The topological polar surface area (TPSA) is 63.9 Å². The summed E-state index contributed by atoms with van der Waals surface area (Å²) in [5.41, 5.74) is 3.77. The molecule has 0 fully saturated rings. The average Bonchev–Trinajstić information content (AvgIpc) is 3.19. The zero-order valence-electron chi connectivity index (χ0n) is 14.7. The summed E-state index contributed by atoms with van der Waals surface area (Å²) < 4.78 is 1.72. The van der Waals surface area contributed by atoms with Crippen molar-refractivity contribution >= 4 is 39.1 Å². The molecule has 0 saturated carbocycles. The summed E-state index contributed by atoms with van der Waals surface area (Å²) in [5.74, 6) is -0.164. The van der Waals surface area contributed by atoms with Crippen molar-refractivity contribution in [3.8, 4) is 0 Å². The van der Waals surface area contributed by atoms with Gasteiger partial charge in [0.1, 0.15) is 0 Å². The summed E-state index contributed by atoms with van der Waals surface area (Å²) >= 11 is 1.44. The molecule has 0 aliphatic carbocycles. The van der Waals surface area contributed by atoms with E-state index in [-0.39, 0.29) is 5.91 Å². The second kappa shape index (κ2) is 6.34. The van der Waals surface area contributed by atoms with Crippen molar-refractivity contribution in [1.29, 1.82) is 0 Å². The van der Waals surface area contributed by atoms with Crippen LogP contribution in [0.3, 0.4) is 0 Å². The van der Waals surface area contributed by atoms with E-state index in [2.05, 4.69) is 15.1 Å². The maximum absolute atomic E-state index is 13.3. The van der Waals surface area contributed by atoms with Gasteiger partial charge in [-0.3, -0.25) is 14.4 Å². The number of para-hydroxylation sites is 1. The van der Waals surface area contributed by atoms with E-state index in [1.54, 1.807) is 15.8 Å². The van der Waals surface area contributed by atoms with Gasteiger partial charge in [-0.05, 0) is 32.0 Å². The Balaban J connectivity index is 1.83. The second-order valence-electron chi connectivity index (χ2n) is 6.05. The van der Waals surface area contributed by atoms with Crippen molar-refractivity contribution in [2.75, 3.05) is 4.90 Å². The minimum absolute atomic E-state index is 0.164. The van der Waals surface area contributed by atoms with Crippen LogP contribution in [0.2, 0.25) is 0 Å². The fourth-order valence-corrected chi connectivity index (χ4v) is 3.71. The first-order valence-corrected chi connectivity index (χ1v) is 9.03. The lowest BCUT2D eigenvalue weighted by Gasteiger charge is -2.20. The largest absolute Gasteiger partial charge is 0.268 e. The van der Waals surface area contributed by atoms with Crippen molar-refractivity contribution in [2.45, 2.75) is 13.8 Å². The quantitative estimate of drug-likeness (QED) is 0.551. The summed E-state index contributed by atoms with van der Waals surface area (Å²) in [7, 11) is 1.85. The number of carbonyl (C=O) groups is 1. The standard InChI is InChI=1S/C19H17N5OS/c1-12-11-26-19(21-12)24(15-7-5-4-6-8-15)18(25)14-9-16-13(2)22-23(3)17(16)20-10-14/h4-11H,1-3H3. The predicted molar refractivity (Wildman–Crippen MR) is 103 cm³/mol. The lowest BCUT2D eigenvalue weighted by molar-refractivity contribution is 0.0999. The van der Waals surface area contributed by atoms with E-state index < -0.39 is 0 Å². The Labute approximate surface area is 154 Å². The Hall–Kier alpha value is -3.06. The van der Waals surface area contributed by atoms with Gasteiger partial charge in [0.15, 0.2) is 10.8 Å². The number of carbonyl (C=O) groups excluding carboxylic acids is 1. The molecule has 0 spiro atoms. The number of benzene rings is 1. The molecule has 4 aromatic rings. The number of aromatic nitrogens is 4. The van der Waals surface area contributed by atoms with Gasteiger partial charge in [-0.1, -0.05) is 18.2 Å². The Morgan fingerprint density at radius 3 is 2.65 bits per heavy atom. The molecule has 0 aliphatic heterocycles. The van der Waals surface area contributed by atoms with Crippen LogP contribution < -0.4 is 4.90 Å². The molecule has 0 bridgehead atoms. The lowest BCUT2D eigenvalue weighted by Crippen LogP contribution is -2.26. The maximum atomic E-state index is 13.3. The lowest BCUT2D eigenvalue weighted by atomic mass is 10.2. The van der Waals surface area contributed by atoms with E-state index in [1.165, 1.54) is 11.3 Å². The molecule has 0 atom stereocenters. The first kappa shape index (κ1) is 16.4. The predicted octanol–water partition coefficient (Wildman–Crippen LogP) is 4.02. The first-order valence-electron chi connectivity index (χ1n) is 8.15. The normalized spacial score (nSPS) is 11.0. The highest BCUT2D eigenvalue weighted by Gasteiger charge is 2.23. The van der Waals surface area contributed by atoms with E-state index >= 15 is 0 Å². The van der Waals surface area contributed by atoms with Gasteiger partial charge in [0.05, 0.1) is 22.6 Å². The minimum Gasteiger partial charge on any atom is -0.268 e. The molecule has 26 heavy (non-hydrogen) atoms. The highest BCUT2D eigenvalue weighted by atomic mass is 32.1. The van der Waals surface area contributed by atoms with Crippen LogP contribution in [-0.2, 0) is 7.05 Å². The number of amides is 1. The second-order valence-corrected chi connectivity index (χ2v) is 6.89. The van der Waals surface area contributed by atoms with Crippen LogP contribution in [0.25, 0.3) is 11.0 Å². The van der Waals surface area contributed by atoms with Crippen LogP contribution in [-0.4, -0.2) is 25.7 Å². The third-order valence-electron chi connectivity index (χ3n) is 4.13. The molecule has 3 heterocycles. The Kier molecular flexibility index (Phi) is 4.00. The molecule has 1 amide bonds. The molecule has 7 heteroatoms. The highest BCUT2D eigenvalue weighted by molar-refractivity contribution is 7.14. The van der Waals surface area contributed by atoms with Crippen LogP contribution in [0.5, 0.6) is 0 Å². The number of pyridine rings is 1. The van der Waals surface area contributed by atoms with Crippen LogP contribution in [0.15, 0.2) is 48.0 Å². The third-order valence-corrected chi connectivity index (χ3v) is 5.07. The fraction of sp³-hybridized carbons (Fsp3) is 0.158. The molecule has 0 saturated heterocycles. The number of thiazole rings is 1. The summed E-state index contributed by atoms with van der Waals surface area (Å²) in [4.78, 5) is 23.9. The molecule has 0 aliphatic rings. The number of nitrogens with zero attached hydrogens (tertiary/aromatic N) is 5. The summed E-state index contributed by atoms with van der Waals surface area (Å²) in [6.07, 6.45) is 1.60. The van der Waals surface area contributed by atoms with Gasteiger partial charge >= 0.3 is 0 Å². The van der Waals surface area contributed by atoms with E-state index in [4.69, 9.17) is 0 Å². The molecular formula is C19H17N5OS. The molecule has 0 N–H and O–H groups in total. The van der Waals surface area contributed by atoms with Crippen molar-refractivity contribution < 1.29 is 4.79 Å². The van der Waals surface area contributed by atoms with E-state index in [0.29, 0.717) is 10.7 Å². The third kappa shape index (κ3) is 2.76. The van der Waals surface area contributed by atoms with E-state index in [9.17, 15) is 4.79 Å². The Bertz CT molecular complexity index is 1100. The molecule has 4 rings (SSSR count). The van der Waals surface area contributed by atoms with E-state index in [1.807, 2.05) is 62.7 Å². The number of anilines is 2. The van der Waals surface area contributed by atoms with E-state index in [0.717, 1.165) is 28.1 Å². The fourth-order valence-electron chi connectivity index (χ4n) is 2.89.